The van der Waals surface area contributed by atoms with Crippen LogP contribution in [0.3, 0.4) is 0 Å². The monoisotopic (exact) mass is 269 g/mol. The van der Waals surface area contributed by atoms with Crippen LogP contribution in [0.25, 0.3) is 0 Å². The van der Waals surface area contributed by atoms with E-state index < -0.39 is 24.7 Å². The Balaban J connectivity index is 2.39. The Morgan fingerprint density at radius 3 is 2.16 bits per heavy atom. The molecule has 1 aliphatic rings. The highest BCUT2D eigenvalue weighted by Gasteiger charge is 2.53. The molecular weight excluding hydrogens is 251 g/mol. The summed E-state index contributed by atoms with van der Waals surface area (Å²) in [7, 11) is -0.852. The second-order valence-corrected chi connectivity index (χ2v) is 5.88. The number of nitrogens with zero attached hydrogens (tertiary/aromatic N) is 1. The van der Waals surface area contributed by atoms with Gasteiger partial charge in [-0.15, -0.1) is 0 Å². The molecule has 0 amide bonds. The lowest BCUT2D eigenvalue weighted by atomic mass is 9.80. The number of aromatic nitrogens is 1. The van der Waals surface area contributed by atoms with E-state index in [0.29, 0.717) is 5.56 Å². The van der Waals surface area contributed by atoms with Crippen LogP contribution < -0.4 is 5.59 Å². The molecule has 0 N–H and O–H groups in total. The van der Waals surface area contributed by atoms with Crippen LogP contribution >= 0.6 is 0 Å². The first kappa shape index (κ1) is 14.4. The predicted molar refractivity (Wildman–Crippen MR) is 69.6 cm³/mol. The molecular formula is C13H18BF2NO2. The first-order valence-corrected chi connectivity index (χ1v) is 6.24. The smallest absolute Gasteiger partial charge is 0.398 e. The topological polar surface area (TPSA) is 31.4 Å². The molecule has 2 rings (SSSR count). The third-order valence-corrected chi connectivity index (χ3v) is 3.80. The molecule has 3 nitrogen and oxygen atoms in total. The van der Waals surface area contributed by atoms with Crippen LogP contribution in [0.15, 0.2) is 12.3 Å². The molecule has 1 aromatic rings. The van der Waals surface area contributed by atoms with E-state index in [9.17, 15) is 8.78 Å². The molecule has 104 valence electrons. The van der Waals surface area contributed by atoms with E-state index in [1.54, 1.807) is 13.1 Å². The molecule has 0 spiro atoms. The Morgan fingerprint density at radius 1 is 1.16 bits per heavy atom. The molecule has 0 unspecified atom stereocenters. The van der Waals surface area contributed by atoms with Gasteiger partial charge in [0.15, 0.2) is 0 Å². The van der Waals surface area contributed by atoms with Crippen LogP contribution in [0.1, 0.15) is 45.2 Å². The van der Waals surface area contributed by atoms with Crippen LogP contribution in [0.2, 0.25) is 0 Å². The summed E-state index contributed by atoms with van der Waals surface area (Å²) in [6.45, 7) is 9.24. The summed E-state index contributed by atoms with van der Waals surface area (Å²) < 4.78 is 37.7. The summed E-state index contributed by atoms with van der Waals surface area (Å²) >= 11 is 0. The fraction of sp³-hybridized carbons (Fsp3) is 0.615. The minimum atomic E-state index is -2.60. The van der Waals surface area contributed by atoms with E-state index in [1.807, 2.05) is 27.7 Å². The highest BCUT2D eigenvalue weighted by atomic mass is 19.3. The minimum absolute atomic E-state index is 0.126. The summed E-state index contributed by atoms with van der Waals surface area (Å²) in [5, 5.41) is 0. The summed E-state index contributed by atoms with van der Waals surface area (Å²) in [5.41, 5.74) is -0.402. The van der Waals surface area contributed by atoms with Gasteiger partial charge in [-0.3, -0.25) is 4.98 Å². The van der Waals surface area contributed by atoms with E-state index in [0.717, 1.165) is 0 Å². The second kappa shape index (κ2) is 4.53. The maximum Gasteiger partial charge on any atom is 0.515 e. The van der Waals surface area contributed by atoms with Crippen molar-refractivity contribution < 1.29 is 18.1 Å². The largest absolute Gasteiger partial charge is 0.515 e. The summed E-state index contributed by atoms with van der Waals surface area (Å²) in [6, 6.07) is 1.43. The van der Waals surface area contributed by atoms with E-state index in [1.165, 1.54) is 6.07 Å². The highest BCUT2D eigenvalue weighted by molar-refractivity contribution is 6.61. The molecule has 0 saturated carbocycles. The molecule has 0 aliphatic carbocycles. The minimum Gasteiger partial charge on any atom is -0.398 e. The van der Waals surface area contributed by atoms with Gasteiger partial charge >= 0.3 is 7.12 Å². The molecule has 0 radical (unpaired) electrons. The van der Waals surface area contributed by atoms with Gasteiger partial charge in [0, 0.05) is 11.8 Å². The average molecular weight is 269 g/mol. The summed E-state index contributed by atoms with van der Waals surface area (Å²) in [5.74, 6) is 0. The molecule has 1 fully saturated rings. The molecule has 2 heterocycles. The molecule has 1 aromatic heterocycles. The Hall–Kier alpha value is -1.01. The normalized spacial score (nSPS) is 21.2. The van der Waals surface area contributed by atoms with E-state index in [-0.39, 0.29) is 11.2 Å². The zero-order valence-electron chi connectivity index (χ0n) is 11.8. The number of aryl methyl sites for hydroxylation is 1. The van der Waals surface area contributed by atoms with Crippen molar-refractivity contribution >= 4 is 12.7 Å². The highest BCUT2D eigenvalue weighted by Crippen LogP contribution is 2.37. The van der Waals surface area contributed by atoms with Crippen LogP contribution in [0, 0.1) is 6.92 Å². The maximum absolute atomic E-state index is 13.1. The number of hydrogen-bond acceptors (Lipinski definition) is 3. The fourth-order valence-electron chi connectivity index (χ4n) is 1.93. The first-order valence-electron chi connectivity index (χ1n) is 6.24. The van der Waals surface area contributed by atoms with Crippen LogP contribution in [0.4, 0.5) is 8.78 Å². The van der Waals surface area contributed by atoms with Crippen molar-refractivity contribution in [2.75, 3.05) is 0 Å². The second-order valence-electron chi connectivity index (χ2n) is 5.88. The number of hydrogen-bond donors (Lipinski definition) is 0. The lowest BCUT2D eigenvalue weighted by Crippen LogP contribution is -2.41. The fourth-order valence-corrected chi connectivity index (χ4v) is 1.93. The van der Waals surface area contributed by atoms with Gasteiger partial charge in [0.2, 0.25) is 0 Å². The zero-order valence-corrected chi connectivity index (χ0v) is 11.8. The lowest BCUT2D eigenvalue weighted by molar-refractivity contribution is 0.00578. The van der Waals surface area contributed by atoms with Gasteiger partial charge in [-0.05, 0) is 46.2 Å². The third-order valence-electron chi connectivity index (χ3n) is 3.80. The molecule has 0 aromatic carbocycles. The van der Waals surface area contributed by atoms with E-state index in [4.69, 9.17) is 9.31 Å². The van der Waals surface area contributed by atoms with E-state index >= 15 is 0 Å². The average Bonchev–Trinajstić information content (AvgIpc) is 2.47. The standard InChI is InChI=1S/C13H18BF2NO2/c1-8-6-9(11(15)16)10(17-7-8)14-18-12(2,3)13(4,5)19-14/h6-7,11H,1-5H3. The van der Waals surface area contributed by atoms with Gasteiger partial charge < -0.3 is 9.31 Å². The molecule has 6 heteroatoms. The van der Waals surface area contributed by atoms with Gasteiger partial charge in [0.25, 0.3) is 6.43 Å². The predicted octanol–water partition coefficient (Wildman–Crippen LogP) is 2.63. The van der Waals surface area contributed by atoms with Crippen LogP contribution in [-0.4, -0.2) is 23.3 Å². The van der Waals surface area contributed by atoms with E-state index in [2.05, 4.69) is 4.98 Å². The Labute approximate surface area is 112 Å². The molecule has 19 heavy (non-hydrogen) atoms. The van der Waals surface area contributed by atoms with Crippen molar-refractivity contribution in [2.45, 2.75) is 52.2 Å². The number of pyridine rings is 1. The van der Waals surface area contributed by atoms with Crippen molar-refractivity contribution in [1.82, 2.24) is 4.98 Å². The first-order chi connectivity index (χ1) is 8.64. The number of rotatable bonds is 2. The zero-order chi connectivity index (χ0) is 14.4. The lowest BCUT2D eigenvalue weighted by Gasteiger charge is -2.32. The molecule has 0 bridgehead atoms. The molecule has 1 aliphatic heterocycles. The number of halogens is 2. The van der Waals surface area contributed by atoms with Gasteiger partial charge in [-0.2, -0.15) is 0 Å². The van der Waals surface area contributed by atoms with Crippen LogP contribution in [0.5, 0.6) is 0 Å². The van der Waals surface area contributed by atoms with Gasteiger partial charge in [-0.25, -0.2) is 8.78 Å². The van der Waals surface area contributed by atoms with Crippen molar-refractivity contribution in [2.24, 2.45) is 0 Å². The van der Waals surface area contributed by atoms with Gasteiger partial charge in [0.1, 0.15) is 0 Å². The van der Waals surface area contributed by atoms with Crippen LogP contribution in [-0.2, 0) is 9.31 Å². The quantitative estimate of drug-likeness (QED) is 0.773. The third kappa shape index (κ3) is 2.51. The number of alkyl halides is 2. The molecule has 1 saturated heterocycles. The van der Waals surface area contributed by atoms with Gasteiger partial charge in [-0.1, -0.05) is 0 Å². The Kier molecular flexibility index (Phi) is 3.43. The van der Waals surface area contributed by atoms with Crippen molar-refractivity contribution in [1.29, 1.82) is 0 Å². The Bertz CT molecular complexity index is 476. The van der Waals surface area contributed by atoms with Crippen molar-refractivity contribution in [3.8, 4) is 0 Å². The van der Waals surface area contributed by atoms with Crippen molar-refractivity contribution in [3.63, 3.8) is 0 Å². The summed E-state index contributed by atoms with van der Waals surface area (Å²) in [4.78, 5) is 4.08. The van der Waals surface area contributed by atoms with Gasteiger partial charge in [0.05, 0.1) is 16.8 Å². The summed E-state index contributed by atoms with van der Waals surface area (Å²) in [6.07, 6.45) is -1.05. The SMILES string of the molecule is Cc1cnc(B2OC(C)(C)C(C)(C)O2)c(C(F)F)c1. The maximum atomic E-state index is 13.1. The van der Waals surface area contributed by atoms with Crippen molar-refractivity contribution in [3.05, 3.63) is 23.4 Å². The molecule has 0 atom stereocenters. The Morgan fingerprint density at radius 2 is 1.68 bits per heavy atom.